The molecule has 2 atom stereocenters. The van der Waals surface area contributed by atoms with E-state index in [1.54, 1.807) is 0 Å². The zero-order valence-corrected chi connectivity index (χ0v) is 17.7. The predicted molar refractivity (Wildman–Crippen MR) is 122 cm³/mol. The minimum atomic E-state index is -0.243. The van der Waals surface area contributed by atoms with Crippen molar-refractivity contribution in [1.82, 2.24) is 15.2 Å². The van der Waals surface area contributed by atoms with Crippen LogP contribution in [-0.2, 0) is 9.59 Å². The highest BCUT2D eigenvalue weighted by Gasteiger charge is 2.38. The number of nitrogens with zero attached hydrogens (tertiary/aromatic N) is 1. The molecule has 0 spiro atoms. The molecule has 31 heavy (non-hydrogen) atoms. The lowest BCUT2D eigenvalue weighted by Gasteiger charge is -2.24. The van der Waals surface area contributed by atoms with Gasteiger partial charge in [0.25, 0.3) is 0 Å². The number of para-hydroxylation sites is 1. The van der Waals surface area contributed by atoms with Crippen molar-refractivity contribution in [2.45, 2.75) is 44.1 Å². The number of carbonyl (C=O) groups is 2. The fourth-order valence-electron chi connectivity index (χ4n) is 5.30. The van der Waals surface area contributed by atoms with Gasteiger partial charge in [-0.3, -0.25) is 9.59 Å². The number of rotatable bonds is 6. The van der Waals surface area contributed by atoms with Gasteiger partial charge in [0.2, 0.25) is 11.8 Å². The molecule has 5 heteroatoms. The molecule has 0 bridgehead atoms. The van der Waals surface area contributed by atoms with Gasteiger partial charge in [-0.2, -0.15) is 0 Å². The zero-order chi connectivity index (χ0) is 21.2. The van der Waals surface area contributed by atoms with E-state index in [1.165, 1.54) is 29.4 Å². The van der Waals surface area contributed by atoms with Gasteiger partial charge in [0, 0.05) is 48.6 Å². The van der Waals surface area contributed by atoms with Crippen molar-refractivity contribution in [3.05, 3.63) is 71.9 Å². The first-order chi connectivity index (χ1) is 15.2. The first-order valence-electron chi connectivity index (χ1n) is 11.4. The van der Waals surface area contributed by atoms with Crippen LogP contribution in [0.5, 0.6) is 0 Å². The SMILES string of the molecule is O=C(NC[C@H](c1ccccc1)c1c[nH]c2ccccc12)[C@H]1CC(=O)N(C2CCCC2)C1. The van der Waals surface area contributed by atoms with Gasteiger partial charge in [-0.05, 0) is 30.0 Å². The van der Waals surface area contributed by atoms with Crippen molar-refractivity contribution in [3.8, 4) is 0 Å². The van der Waals surface area contributed by atoms with Crippen molar-refractivity contribution in [2.24, 2.45) is 5.92 Å². The summed E-state index contributed by atoms with van der Waals surface area (Å²) in [5, 5.41) is 4.35. The Labute approximate surface area is 182 Å². The van der Waals surface area contributed by atoms with E-state index in [4.69, 9.17) is 0 Å². The Morgan fingerprint density at radius 2 is 1.81 bits per heavy atom. The van der Waals surface area contributed by atoms with Crippen LogP contribution >= 0.6 is 0 Å². The number of fused-ring (bicyclic) bond motifs is 1. The minimum absolute atomic E-state index is 0.00498. The Balaban J connectivity index is 1.32. The van der Waals surface area contributed by atoms with E-state index in [0.717, 1.165) is 18.4 Å². The van der Waals surface area contributed by atoms with Crippen LogP contribution in [-0.4, -0.2) is 40.8 Å². The fourth-order valence-corrected chi connectivity index (χ4v) is 5.30. The van der Waals surface area contributed by atoms with E-state index in [2.05, 4.69) is 40.8 Å². The van der Waals surface area contributed by atoms with Crippen molar-refractivity contribution in [3.63, 3.8) is 0 Å². The maximum atomic E-state index is 13.0. The molecule has 1 saturated carbocycles. The molecule has 160 valence electrons. The first kappa shape index (κ1) is 19.9. The van der Waals surface area contributed by atoms with Crippen molar-refractivity contribution < 1.29 is 9.59 Å². The van der Waals surface area contributed by atoms with Gasteiger partial charge >= 0.3 is 0 Å². The van der Waals surface area contributed by atoms with Crippen molar-refractivity contribution in [1.29, 1.82) is 0 Å². The molecule has 2 amide bonds. The lowest BCUT2D eigenvalue weighted by Crippen LogP contribution is -2.38. The number of benzene rings is 2. The largest absolute Gasteiger partial charge is 0.361 e. The van der Waals surface area contributed by atoms with Gasteiger partial charge in [0.05, 0.1) is 5.92 Å². The van der Waals surface area contributed by atoms with E-state index in [1.807, 2.05) is 35.2 Å². The van der Waals surface area contributed by atoms with Crippen LogP contribution in [0.3, 0.4) is 0 Å². The molecule has 2 aromatic carbocycles. The Kier molecular flexibility index (Phi) is 5.49. The second-order valence-electron chi connectivity index (χ2n) is 8.88. The summed E-state index contributed by atoms with van der Waals surface area (Å²) >= 11 is 0. The maximum absolute atomic E-state index is 13.0. The Hall–Kier alpha value is -3.08. The number of hydrogen-bond acceptors (Lipinski definition) is 2. The maximum Gasteiger partial charge on any atom is 0.225 e. The van der Waals surface area contributed by atoms with Gasteiger partial charge in [-0.1, -0.05) is 61.4 Å². The standard InChI is InChI=1S/C26H29N3O2/c30-25-14-19(17-29(25)20-10-4-5-11-20)26(31)28-15-22(18-8-2-1-3-9-18)23-16-27-24-13-7-6-12-21(23)24/h1-3,6-9,12-13,16,19-20,22,27H,4-5,10-11,14-15,17H2,(H,28,31)/t19-,22+/m0/s1. The highest BCUT2D eigenvalue weighted by Crippen LogP contribution is 2.32. The van der Waals surface area contributed by atoms with Crippen LogP contribution in [0.15, 0.2) is 60.8 Å². The zero-order valence-electron chi connectivity index (χ0n) is 17.7. The smallest absolute Gasteiger partial charge is 0.225 e. The van der Waals surface area contributed by atoms with Crippen LogP contribution in [0.1, 0.15) is 49.1 Å². The third-order valence-electron chi connectivity index (χ3n) is 6.97. The number of carbonyl (C=O) groups excluding carboxylic acids is 2. The molecular weight excluding hydrogens is 386 g/mol. The molecule has 2 aliphatic rings. The lowest BCUT2D eigenvalue weighted by molar-refractivity contribution is -0.130. The molecule has 1 aliphatic heterocycles. The van der Waals surface area contributed by atoms with Gasteiger partial charge in [-0.15, -0.1) is 0 Å². The molecule has 3 aromatic rings. The first-order valence-corrected chi connectivity index (χ1v) is 11.4. The Bertz CT molecular complexity index is 1070. The summed E-state index contributed by atoms with van der Waals surface area (Å²) < 4.78 is 0. The van der Waals surface area contributed by atoms with E-state index >= 15 is 0 Å². The number of amides is 2. The Morgan fingerprint density at radius 1 is 1.06 bits per heavy atom. The van der Waals surface area contributed by atoms with Crippen LogP contribution in [0.2, 0.25) is 0 Å². The summed E-state index contributed by atoms with van der Waals surface area (Å²) in [6.07, 6.45) is 6.93. The molecule has 5 nitrogen and oxygen atoms in total. The summed E-state index contributed by atoms with van der Waals surface area (Å²) in [5.74, 6) is -0.0604. The summed E-state index contributed by atoms with van der Waals surface area (Å²) in [6.45, 7) is 1.08. The highest BCUT2D eigenvalue weighted by atomic mass is 16.2. The fraction of sp³-hybridized carbons (Fsp3) is 0.385. The molecular formula is C26H29N3O2. The minimum Gasteiger partial charge on any atom is -0.361 e. The van der Waals surface area contributed by atoms with Gasteiger partial charge in [0.1, 0.15) is 0 Å². The summed E-state index contributed by atoms with van der Waals surface area (Å²) in [4.78, 5) is 30.9. The molecule has 2 fully saturated rings. The van der Waals surface area contributed by atoms with Crippen LogP contribution < -0.4 is 5.32 Å². The van der Waals surface area contributed by atoms with Gasteiger partial charge < -0.3 is 15.2 Å². The van der Waals surface area contributed by atoms with Crippen LogP contribution in [0.4, 0.5) is 0 Å². The quantitative estimate of drug-likeness (QED) is 0.633. The average molecular weight is 416 g/mol. The highest BCUT2D eigenvalue weighted by molar-refractivity contribution is 5.89. The molecule has 1 saturated heterocycles. The van der Waals surface area contributed by atoms with Gasteiger partial charge in [0.15, 0.2) is 0 Å². The number of aromatic nitrogens is 1. The van der Waals surface area contributed by atoms with Crippen LogP contribution in [0, 0.1) is 5.92 Å². The van der Waals surface area contributed by atoms with E-state index in [-0.39, 0.29) is 23.7 Å². The second kappa shape index (κ2) is 8.58. The molecule has 0 radical (unpaired) electrons. The Morgan fingerprint density at radius 3 is 2.61 bits per heavy atom. The van der Waals surface area contributed by atoms with Gasteiger partial charge in [-0.25, -0.2) is 0 Å². The molecule has 2 heterocycles. The summed E-state index contributed by atoms with van der Waals surface area (Å²) in [7, 11) is 0. The normalized spacial score (nSPS) is 20.5. The average Bonchev–Trinajstić information content (AvgIpc) is 3.54. The lowest BCUT2D eigenvalue weighted by atomic mass is 9.90. The molecule has 2 N–H and O–H groups in total. The molecule has 0 unspecified atom stereocenters. The number of nitrogens with one attached hydrogen (secondary N) is 2. The van der Waals surface area contributed by atoms with E-state index < -0.39 is 0 Å². The number of H-pyrrole nitrogens is 1. The monoisotopic (exact) mass is 415 g/mol. The molecule has 5 rings (SSSR count). The van der Waals surface area contributed by atoms with E-state index in [9.17, 15) is 9.59 Å². The summed E-state index contributed by atoms with van der Waals surface area (Å²) in [5.41, 5.74) is 3.44. The van der Waals surface area contributed by atoms with Crippen molar-refractivity contribution in [2.75, 3.05) is 13.1 Å². The third-order valence-corrected chi connectivity index (χ3v) is 6.97. The third kappa shape index (κ3) is 3.97. The topological polar surface area (TPSA) is 65.2 Å². The number of aromatic amines is 1. The van der Waals surface area contributed by atoms with Crippen LogP contribution in [0.25, 0.3) is 10.9 Å². The second-order valence-corrected chi connectivity index (χ2v) is 8.88. The molecule has 1 aromatic heterocycles. The number of hydrogen-bond donors (Lipinski definition) is 2. The molecule has 1 aliphatic carbocycles. The predicted octanol–water partition coefficient (Wildman–Crippen LogP) is 4.21. The van der Waals surface area contributed by atoms with E-state index in [0.29, 0.717) is 25.6 Å². The van der Waals surface area contributed by atoms with Crippen molar-refractivity contribution >= 4 is 22.7 Å². The summed E-state index contributed by atoms with van der Waals surface area (Å²) in [6, 6.07) is 18.9. The number of likely N-dealkylation sites (tertiary alicyclic amines) is 1.